The zero-order valence-corrected chi connectivity index (χ0v) is 21.6. The number of nitrogens with one attached hydrogen (secondary N) is 3. The van der Waals surface area contributed by atoms with E-state index in [4.69, 9.17) is 5.10 Å². The van der Waals surface area contributed by atoms with Crippen molar-refractivity contribution in [1.82, 2.24) is 15.2 Å². The van der Waals surface area contributed by atoms with Crippen molar-refractivity contribution in [3.8, 4) is 0 Å². The number of anilines is 1. The number of carbonyl (C=O) groups excluding carboxylic acids is 1. The molecule has 6 nitrogen and oxygen atoms in total. The van der Waals surface area contributed by atoms with Crippen molar-refractivity contribution >= 4 is 11.6 Å². The quantitative estimate of drug-likeness (QED) is 0.445. The van der Waals surface area contributed by atoms with Crippen LogP contribution in [0, 0.1) is 11.8 Å². The summed E-state index contributed by atoms with van der Waals surface area (Å²) in [6, 6.07) is 10.9. The first-order chi connectivity index (χ1) is 18.0. The van der Waals surface area contributed by atoms with Gasteiger partial charge in [-0.25, -0.2) is 0 Å². The summed E-state index contributed by atoms with van der Waals surface area (Å²) in [5.74, 6) is 1.94. The lowest BCUT2D eigenvalue weighted by molar-refractivity contribution is -0.116. The molecule has 1 fully saturated rings. The number of benzene rings is 1. The summed E-state index contributed by atoms with van der Waals surface area (Å²) in [5.41, 5.74) is 8.08. The summed E-state index contributed by atoms with van der Waals surface area (Å²) < 4.78 is 0. The van der Waals surface area contributed by atoms with Crippen LogP contribution in [0.15, 0.2) is 41.3 Å². The predicted molar refractivity (Wildman–Crippen MR) is 144 cm³/mol. The average Bonchev–Trinajstić information content (AvgIpc) is 3.49. The fourth-order valence-corrected chi connectivity index (χ4v) is 8.63. The van der Waals surface area contributed by atoms with Gasteiger partial charge in [0.05, 0.1) is 5.69 Å². The molecule has 5 atom stereocenters. The van der Waals surface area contributed by atoms with Crippen LogP contribution in [-0.2, 0) is 29.5 Å². The Morgan fingerprint density at radius 1 is 1.11 bits per heavy atom. The Labute approximate surface area is 217 Å². The van der Waals surface area contributed by atoms with Gasteiger partial charge in [0.1, 0.15) is 5.69 Å². The normalized spacial score (nSPS) is 29.4. The molecule has 1 aromatic carbocycles. The van der Waals surface area contributed by atoms with E-state index >= 15 is 0 Å². The Bertz CT molecular complexity index is 1420. The Hall–Kier alpha value is -3.15. The van der Waals surface area contributed by atoms with Gasteiger partial charge in [-0.15, -0.1) is 0 Å². The van der Waals surface area contributed by atoms with Crippen LogP contribution >= 0.6 is 0 Å². The van der Waals surface area contributed by atoms with Gasteiger partial charge in [-0.1, -0.05) is 31.2 Å². The molecule has 3 aromatic rings. The SMILES string of the molecule is C[C@]12CCC3c4ccccc4CCC3C1[C@H](CCC(=O)Nc1cc3c([nH]c1=O)CCCC3)c1c[nH]nc12. The monoisotopic (exact) mass is 496 g/mol. The predicted octanol–water partition coefficient (Wildman–Crippen LogP) is 5.51. The number of aryl methyl sites for hydroxylation is 3. The fraction of sp³-hybridized carbons (Fsp3) is 0.516. The van der Waals surface area contributed by atoms with E-state index in [-0.39, 0.29) is 16.9 Å². The van der Waals surface area contributed by atoms with Crippen molar-refractivity contribution in [3.63, 3.8) is 0 Å². The number of nitrogens with zero attached hydrogens (tertiary/aromatic N) is 1. The highest BCUT2D eigenvalue weighted by molar-refractivity contribution is 5.90. The number of aromatic nitrogens is 3. The van der Waals surface area contributed by atoms with Gasteiger partial charge in [0, 0.05) is 23.7 Å². The number of fused-ring (bicyclic) bond motifs is 8. The van der Waals surface area contributed by atoms with Gasteiger partial charge < -0.3 is 10.3 Å². The first-order valence-corrected chi connectivity index (χ1v) is 14.2. The van der Waals surface area contributed by atoms with E-state index in [0.29, 0.717) is 35.8 Å². The summed E-state index contributed by atoms with van der Waals surface area (Å²) in [4.78, 5) is 28.8. The average molecular weight is 497 g/mol. The third-order valence-electron chi connectivity index (χ3n) is 10.2. The summed E-state index contributed by atoms with van der Waals surface area (Å²) >= 11 is 0. The maximum atomic E-state index is 13.1. The van der Waals surface area contributed by atoms with E-state index < -0.39 is 0 Å². The number of pyridine rings is 1. The fourth-order valence-electron chi connectivity index (χ4n) is 8.63. The lowest BCUT2D eigenvalue weighted by Crippen LogP contribution is -2.44. The van der Waals surface area contributed by atoms with Gasteiger partial charge in [0.25, 0.3) is 5.56 Å². The number of amides is 1. The number of H-pyrrole nitrogens is 2. The molecule has 4 aliphatic carbocycles. The Balaban J connectivity index is 1.13. The van der Waals surface area contributed by atoms with Crippen molar-refractivity contribution in [1.29, 1.82) is 0 Å². The van der Waals surface area contributed by atoms with Crippen LogP contribution in [0.3, 0.4) is 0 Å². The summed E-state index contributed by atoms with van der Waals surface area (Å²) in [6.45, 7) is 2.42. The molecule has 1 saturated carbocycles. The molecule has 0 saturated heterocycles. The minimum absolute atomic E-state index is 0.0551. The van der Waals surface area contributed by atoms with E-state index in [2.05, 4.69) is 52.8 Å². The van der Waals surface area contributed by atoms with Crippen LogP contribution in [0.1, 0.15) is 97.3 Å². The number of aromatic amines is 2. The van der Waals surface area contributed by atoms with E-state index in [1.165, 1.54) is 35.2 Å². The van der Waals surface area contributed by atoms with Crippen LogP contribution in [0.25, 0.3) is 0 Å². The van der Waals surface area contributed by atoms with Crippen LogP contribution < -0.4 is 10.9 Å². The van der Waals surface area contributed by atoms with Gasteiger partial charge in [0.2, 0.25) is 5.91 Å². The molecule has 4 aliphatic rings. The van der Waals surface area contributed by atoms with Crippen molar-refractivity contribution in [3.05, 3.63) is 80.5 Å². The Morgan fingerprint density at radius 2 is 1.97 bits per heavy atom. The van der Waals surface area contributed by atoms with E-state index in [1.54, 1.807) is 5.56 Å². The van der Waals surface area contributed by atoms with Gasteiger partial charge >= 0.3 is 0 Å². The van der Waals surface area contributed by atoms with E-state index in [9.17, 15) is 9.59 Å². The lowest BCUT2D eigenvalue weighted by Gasteiger charge is -2.50. The molecule has 0 radical (unpaired) electrons. The molecule has 3 unspecified atom stereocenters. The van der Waals surface area contributed by atoms with Crippen LogP contribution in [0.4, 0.5) is 5.69 Å². The van der Waals surface area contributed by atoms with Crippen molar-refractivity contribution in [2.75, 3.05) is 5.32 Å². The Kier molecular flexibility index (Phi) is 5.42. The van der Waals surface area contributed by atoms with Gasteiger partial charge in [0.15, 0.2) is 0 Å². The highest BCUT2D eigenvalue weighted by Gasteiger charge is 2.58. The largest absolute Gasteiger partial charge is 0.324 e. The molecule has 2 aromatic heterocycles. The summed E-state index contributed by atoms with van der Waals surface area (Å²) in [6.07, 6.45) is 12.1. The number of rotatable bonds is 4. The smallest absolute Gasteiger partial charge is 0.271 e. The summed E-state index contributed by atoms with van der Waals surface area (Å²) in [7, 11) is 0. The zero-order valence-electron chi connectivity index (χ0n) is 21.6. The molecule has 7 rings (SSSR count). The first-order valence-electron chi connectivity index (χ1n) is 14.2. The molecule has 0 spiro atoms. The third kappa shape index (κ3) is 3.63. The van der Waals surface area contributed by atoms with Crippen molar-refractivity contribution in [2.45, 2.75) is 88.4 Å². The van der Waals surface area contributed by atoms with Gasteiger partial charge in [-0.2, -0.15) is 5.10 Å². The third-order valence-corrected chi connectivity index (χ3v) is 10.2. The number of carbonyl (C=O) groups is 1. The molecule has 2 heterocycles. The second kappa shape index (κ2) is 8.71. The van der Waals surface area contributed by atoms with E-state index in [1.807, 2.05) is 6.07 Å². The summed E-state index contributed by atoms with van der Waals surface area (Å²) in [5, 5.41) is 10.9. The molecule has 192 valence electrons. The lowest BCUT2D eigenvalue weighted by atomic mass is 9.53. The number of hydrogen-bond acceptors (Lipinski definition) is 3. The molecular formula is C31H36N4O2. The zero-order chi connectivity index (χ0) is 25.1. The van der Waals surface area contributed by atoms with Crippen LogP contribution in [0.5, 0.6) is 0 Å². The molecule has 37 heavy (non-hydrogen) atoms. The van der Waals surface area contributed by atoms with Crippen molar-refractivity contribution < 1.29 is 4.79 Å². The number of hydrogen-bond donors (Lipinski definition) is 3. The minimum atomic E-state index is -0.185. The standard InChI is InChI=1S/C31H36N4O2/c1-31-15-14-21-20-8-4-2-6-18(20)10-11-22(21)28(31)23(24-17-32-35-29(24)31)12-13-27(36)33-26-16-19-7-3-5-9-25(19)34-30(26)37/h2,4,6,8,16-17,21-23,28H,3,5,7,9-15H2,1H3,(H,32,35)(H,33,36)(H,34,37)/t21?,22?,23-,28?,31+/m1/s1. The van der Waals surface area contributed by atoms with Crippen molar-refractivity contribution in [2.24, 2.45) is 11.8 Å². The topological polar surface area (TPSA) is 90.6 Å². The maximum Gasteiger partial charge on any atom is 0.271 e. The molecule has 1 amide bonds. The second-order valence-corrected chi connectivity index (χ2v) is 12.1. The molecule has 6 heteroatoms. The molecule has 3 N–H and O–H groups in total. The highest BCUT2D eigenvalue weighted by Crippen LogP contribution is 2.64. The molecular weight excluding hydrogens is 460 g/mol. The Morgan fingerprint density at radius 3 is 2.89 bits per heavy atom. The highest BCUT2D eigenvalue weighted by atomic mass is 16.2. The minimum Gasteiger partial charge on any atom is -0.324 e. The maximum absolute atomic E-state index is 13.1. The molecule has 0 aliphatic heterocycles. The molecule has 0 bridgehead atoms. The van der Waals surface area contributed by atoms with Crippen LogP contribution in [-0.4, -0.2) is 21.1 Å². The second-order valence-electron chi connectivity index (χ2n) is 12.1. The first kappa shape index (κ1) is 23.0. The van der Waals surface area contributed by atoms with Gasteiger partial charge in [-0.05, 0) is 110 Å². The van der Waals surface area contributed by atoms with E-state index in [0.717, 1.165) is 50.6 Å². The van der Waals surface area contributed by atoms with Crippen LogP contribution in [0.2, 0.25) is 0 Å². The van der Waals surface area contributed by atoms with Gasteiger partial charge in [-0.3, -0.25) is 14.7 Å².